The Bertz CT molecular complexity index is 1050. The number of benzene rings is 2. The van der Waals surface area contributed by atoms with Crippen molar-refractivity contribution >= 4 is 11.9 Å². The summed E-state index contributed by atoms with van der Waals surface area (Å²) in [6.45, 7) is 4.64. The van der Waals surface area contributed by atoms with Crippen LogP contribution in [-0.2, 0) is 16.0 Å². The van der Waals surface area contributed by atoms with Gasteiger partial charge in [-0.3, -0.25) is 4.79 Å². The Hall–Kier alpha value is -2.86. The van der Waals surface area contributed by atoms with E-state index in [0.29, 0.717) is 48.5 Å². The van der Waals surface area contributed by atoms with E-state index < -0.39 is 6.10 Å². The minimum Gasteiger partial charge on any atom is -0.462 e. The van der Waals surface area contributed by atoms with E-state index in [9.17, 15) is 14.7 Å². The zero-order valence-electron chi connectivity index (χ0n) is 22.0. The van der Waals surface area contributed by atoms with Crippen LogP contribution >= 0.6 is 0 Å². The molecule has 6 heteroatoms. The Morgan fingerprint density at radius 3 is 2.00 bits per heavy atom. The number of esters is 1. The van der Waals surface area contributed by atoms with Gasteiger partial charge < -0.3 is 19.5 Å². The average molecular weight is 506 g/mol. The van der Waals surface area contributed by atoms with Crippen LogP contribution in [0, 0.1) is 23.7 Å². The molecule has 0 saturated heterocycles. The molecule has 6 nitrogen and oxygen atoms in total. The van der Waals surface area contributed by atoms with Crippen molar-refractivity contribution < 1.29 is 24.2 Å². The van der Waals surface area contributed by atoms with Crippen molar-refractivity contribution in [3.05, 3.63) is 59.7 Å². The number of carbonyl (C=O) groups excluding carboxylic acids is 2. The van der Waals surface area contributed by atoms with E-state index in [0.717, 1.165) is 23.8 Å². The van der Waals surface area contributed by atoms with E-state index in [2.05, 4.69) is 4.90 Å². The van der Waals surface area contributed by atoms with Crippen molar-refractivity contribution in [2.24, 2.45) is 23.7 Å². The summed E-state index contributed by atoms with van der Waals surface area (Å²) in [5, 5.41) is 10.5. The van der Waals surface area contributed by atoms with Crippen LogP contribution in [0.1, 0.15) is 68.3 Å². The Balaban J connectivity index is 1.22. The van der Waals surface area contributed by atoms with Gasteiger partial charge in [-0.15, -0.1) is 0 Å². The van der Waals surface area contributed by atoms with Gasteiger partial charge in [0.1, 0.15) is 17.6 Å². The predicted molar refractivity (Wildman–Crippen MR) is 141 cm³/mol. The molecule has 4 fully saturated rings. The lowest BCUT2D eigenvalue weighted by Gasteiger charge is -2.57. The normalized spacial score (nSPS) is 26.5. The molecule has 1 N–H and O–H groups in total. The zero-order chi connectivity index (χ0) is 25.9. The zero-order valence-corrected chi connectivity index (χ0v) is 22.0. The number of ether oxygens (including phenoxy) is 2. The molecule has 198 valence electrons. The first kappa shape index (κ1) is 25.8. The number of nitrogens with zero attached hydrogens (tertiary/aromatic N) is 1. The van der Waals surface area contributed by atoms with E-state index in [4.69, 9.17) is 9.47 Å². The molecule has 0 radical (unpaired) electrons. The van der Waals surface area contributed by atoms with Crippen molar-refractivity contribution in [2.75, 3.05) is 13.2 Å². The number of amides is 1. The first-order valence-electron chi connectivity index (χ1n) is 14.0. The van der Waals surface area contributed by atoms with Crippen LogP contribution in [0.25, 0.3) is 0 Å². The Labute approximate surface area is 220 Å². The average Bonchev–Trinajstić information content (AvgIpc) is 2.90. The SMILES string of the molecule is CCOC(=O)c1ccc(Oc2ccc(CCN(C(=O)C(O)CC)C3C4CC5CC(C4)CC3C5)cc2)cc1. The highest BCUT2D eigenvalue weighted by Gasteiger charge is 2.51. The van der Waals surface area contributed by atoms with Crippen molar-refractivity contribution in [3.8, 4) is 11.5 Å². The summed E-state index contributed by atoms with van der Waals surface area (Å²) in [5.41, 5.74) is 1.63. The molecule has 0 heterocycles. The second-order valence-electron chi connectivity index (χ2n) is 11.1. The number of hydrogen-bond acceptors (Lipinski definition) is 5. The molecule has 1 amide bonds. The summed E-state index contributed by atoms with van der Waals surface area (Å²) in [6.07, 6.45) is 6.66. The maximum Gasteiger partial charge on any atom is 0.338 e. The molecule has 2 aromatic rings. The third-order valence-electron chi connectivity index (χ3n) is 8.66. The highest BCUT2D eigenvalue weighted by molar-refractivity contribution is 5.89. The van der Waals surface area contributed by atoms with Crippen LogP contribution < -0.4 is 4.74 Å². The van der Waals surface area contributed by atoms with Gasteiger partial charge in [0.2, 0.25) is 0 Å². The van der Waals surface area contributed by atoms with Crippen LogP contribution in [0.2, 0.25) is 0 Å². The van der Waals surface area contributed by atoms with Crippen molar-refractivity contribution in [1.82, 2.24) is 4.90 Å². The van der Waals surface area contributed by atoms with Gasteiger partial charge in [0.15, 0.2) is 0 Å². The van der Waals surface area contributed by atoms with E-state index in [1.54, 1.807) is 31.2 Å². The van der Waals surface area contributed by atoms with Gasteiger partial charge in [0.05, 0.1) is 12.2 Å². The molecule has 1 unspecified atom stereocenters. The second-order valence-corrected chi connectivity index (χ2v) is 11.1. The molecule has 37 heavy (non-hydrogen) atoms. The molecule has 2 aromatic carbocycles. The highest BCUT2D eigenvalue weighted by Crippen LogP contribution is 2.55. The monoisotopic (exact) mass is 505 g/mol. The standard InChI is InChI=1S/C31H39NO5/c1-3-28(33)30(34)32(29-24-16-21-15-22(18-24)19-25(29)17-21)14-13-20-5-9-26(10-6-20)37-27-11-7-23(8-12-27)31(35)36-4-2/h5-12,21-22,24-25,28-29,33H,3-4,13-19H2,1-2H3. The van der Waals surface area contributed by atoms with Crippen LogP contribution in [-0.4, -0.2) is 47.2 Å². The van der Waals surface area contributed by atoms with Gasteiger partial charge >= 0.3 is 5.97 Å². The fourth-order valence-electron chi connectivity index (χ4n) is 7.16. The number of hydrogen-bond donors (Lipinski definition) is 1. The summed E-state index contributed by atoms with van der Waals surface area (Å²) in [6, 6.07) is 15.1. The molecule has 0 aromatic heterocycles. The number of aliphatic hydroxyl groups excluding tert-OH is 1. The summed E-state index contributed by atoms with van der Waals surface area (Å²) in [4.78, 5) is 27.2. The van der Waals surface area contributed by atoms with E-state index in [1.165, 1.54) is 32.1 Å². The summed E-state index contributed by atoms with van der Waals surface area (Å²) in [7, 11) is 0. The maximum absolute atomic E-state index is 13.3. The second kappa shape index (κ2) is 11.3. The molecule has 6 rings (SSSR count). The van der Waals surface area contributed by atoms with Crippen molar-refractivity contribution in [2.45, 2.75) is 70.9 Å². The van der Waals surface area contributed by atoms with E-state index in [-0.39, 0.29) is 17.9 Å². The van der Waals surface area contributed by atoms with Gasteiger partial charge in [-0.05, 0) is 118 Å². The molecule has 4 saturated carbocycles. The lowest BCUT2D eigenvalue weighted by molar-refractivity contribution is -0.152. The molecule has 0 aliphatic heterocycles. The van der Waals surface area contributed by atoms with Crippen LogP contribution in [0.5, 0.6) is 11.5 Å². The largest absolute Gasteiger partial charge is 0.462 e. The lowest BCUT2D eigenvalue weighted by atomic mass is 9.54. The molecular weight excluding hydrogens is 466 g/mol. The minimum absolute atomic E-state index is 0.0915. The smallest absolute Gasteiger partial charge is 0.338 e. The Morgan fingerprint density at radius 2 is 1.46 bits per heavy atom. The maximum atomic E-state index is 13.3. The van der Waals surface area contributed by atoms with Crippen molar-refractivity contribution in [3.63, 3.8) is 0 Å². The summed E-state index contributed by atoms with van der Waals surface area (Å²) >= 11 is 0. The first-order chi connectivity index (χ1) is 17.9. The number of aliphatic hydroxyl groups is 1. The van der Waals surface area contributed by atoms with Crippen molar-refractivity contribution in [1.29, 1.82) is 0 Å². The Morgan fingerprint density at radius 1 is 0.892 bits per heavy atom. The fraction of sp³-hybridized carbons (Fsp3) is 0.548. The van der Waals surface area contributed by atoms with Crippen LogP contribution in [0.15, 0.2) is 48.5 Å². The fourth-order valence-corrected chi connectivity index (χ4v) is 7.16. The van der Waals surface area contributed by atoms with Gasteiger partial charge in [0.25, 0.3) is 5.91 Å². The third kappa shape index (κ3) is 5.69. The van der Waals surface area contributed by atoms with E-state index in [1.807, 2.05) is 31.2 Å². The van der Waals surface area contributed by atoms with Crippen LogP contribution in [0.4, 0.5) is 0 Å². The molecule has 1 atom stereocenters. The van der Waals surface area contributed by atoms with Gasteiger partial charge in [0, 0.05) is 12.6 Å². The van der Waals surface area contributed by atoms with Gasteiger partial charge in [-0.25, -0.2) is 4.79 Å². The van der Waals surface area contributed by atoms with E-state index >= 15 is 0 Å². The van der Waals surface area contributed by atoms with Gasteiger partial charge in [-0.1, -0.05) is 19.1 Å². The first-order valence-corrected chi connectivity index (χ1v) is 14.0. The molecule has 4 aliphatic rings. The summed E-state index contributed by atoms with van der Waals surface area (Å²) in [5.74, 6) is 3.81. The van der Waals surface area contributed by atoms with Gasteiger partial charge in [-0.2, -0.15) is 0 Å². The molecule has 0 spiro atoms. The molecule has 4 aliphatic carbocycles. The summed E-state index contributed by atoms with van der Waals surface area (Å²) < 4.78 is 11.0. The Kier molecular flexibility index (Phi) is 7.84. The molecular formula is C31H39NO5. The topological polar surface area (TPSA) is 76.1 Å². The third-order valence-corrected chi connectivity index (χ3v) is 8.66. The number of rotatable bonds is 10. The minimum atomic E-state index is -0.914. The molecule has 4 bridgehead atoms. The predicted octanol–water partition coefficient (Wildman–Crippen LogP) is 5.62. The van der Waals surface area contributed by atoms with Crippen LogP contribution in [0.3, 0.4) is 0 Å². The quantitative estimate of drug-likeness (QED) is 0.424. The lowest BCUT2D eigenvalue weighted by Crippen LogP contribution is -2.59. The highest BCUT2D eigenvalue weighted by atomic mass is 16.5. The number of carbonyl (C=O) groups is 2.